The Labute approximate surface area is 292 Å². The van der Waals surface area contributed by atoms with E-state index in [0.717, 1.165) is 19.2 Å². The van der Waals surface area contributed by atoms with Crippen molar-refractivity contribution in [2.75, 3.05) is 27.1 Å². The van der Waals surface area contributed by atoms with Gasteiger partial charge >= 0.3 is 12.0 Å². The van der Waals surface area contributed by atoms with Crippen LogP contribution in [0.3, 0.4) is 0 Å². The lowest BCUT2D eigenvalue weighted by Gasteiger charge is -2.28. The Morgan fingerprint density at radius 2 is 1.91 bits per heavy atom. The first-order valence-electron chi connectivity index (χ1n) is 14.2. The highest BCUT2D eigenvalue weighted by Gasteiger charge is 2.32. The molecule has 47 heavy (non-hydrogen) atoms. The summed E-state index contributed by atoms with van der Waals surface area (Å²) in [5, 5.41) is 9.37. The van der Waals surface area contributed by atoms with Gasteiger partial charge in [-0.05, 0) is 105 Å². The van der Waals surface area contributed by atoms with Gasteiger partial charge in [-0.3, -0.25) is 4.79 Å². The first-order valence-corrected chi connectivity index (χ1v) is 16.1. The van der Waals surface area contributed by atoms with Crippen molar-refractivity contribution in [3.8, 4) is 28.7 Å². The number of hydrazone groups is 1. The highest BCUT2D eigenvalue weighted by atomic mass is 127. The Morgan fingerprint density at radius 1 is 1.11 bits per heavy atom. The molecular weight excluding hydrogens is 791 g/mol. The number of amides is 3. The second-order valence-corrected chi connectivity index (χ2v) is 12.1. The van der Waals surface area contributed by atoms with Crippen LogP contribution in [-0.4, -0.2) is 51.2 Å². The van der Waals surface area contributed by atoms with Crippen LogP contribution in [0.15, 0.2) is 69.4 Å². The molecule has 3 N–H and O–H groups in total. The van der Waals surface area contributed by atoms with Crippen LogP contribution in [0, 0.1) is 3.57 Å². The molecule has 0 saturated carbocycles. The van der Waals surface area contributed by atoms with Crippen molar-refractivity contribution in [1.82, 2.24) is 16.1 Å². The minimum Gasteiger partial charge on any atom is -0.493 e. The van der Waals surface area contributed by atoms with E-state index in [9.17, 15) is 14.4 Å². The van der Waals surface area contributed by atoms with Gasteiger partial charge in [0.1, 0.15) is 12.4 Å². The smallest absolute Gasteiger partial charge is 0.338 e. The zero-order valence-corrected chi connectivity index (χ0v) is 29.2. The van der Waals surface area contributed by atoms with Gasteiger partial charge in [0.05, 0.1) is 39.6 Å². The number of nitrogens with zero attached hydrogens (tertiary/aromatic N) is 1. The van der Waals surface area contributed by atoms with Crippen LogP contribution in [0.1, 0.15) is 36.6 Å². The van der Waals surface area contributed by atoms with E-state index in [1.807, 2.05) is 30.3 Å². The van der Waals surface area contributed by atoms with Crippen LogP contribution in [0.5, 0.6) is 28.7 Å². The monoisotopic (exact) mass is 820 g/mol. The third-order valence-corrected chi connectivity index (χ3v) is 8.28. The lowest BCUT2D eigenvalue weighted by Crippen LogP contribution is -2.45. The molecule has 3 amide bonds. The number of allylic oxidation sites excluding steroid dienone is 1. The third-order valence-electron chi connectivity index (χ3n) is 6.89. The Kier molecular flexibility index (Phi) is 11.1. The molecule has 0 saturated heterocycles. The molecule has 3 aromatic carbocycles. The molecule has 246 valence electrons. The number of rotatable bonds is 12. The number of ether oxygens (including phenoxy) is 6. The summed E-state index contributed by atoms with van der Waals surface area (Å²) in [6.07, 6.45) is 1.51. The molecule has 0 fully saturated rings. The Morgan fingerprint density at radius 3 is 2.68 bits per heavy atom. The summed E-state index contributed by atoms with van der Waals surface area (Å²) in [5.74, 6) is 1.60. The summed E-state index contributed by atoms with van der Waals surface area (Å²) < 4.78 is 34.7. The van der Waals surface area contributed by atoms with Gasteiger partial charge in [-0.2, -0.15) is 5.10 Å². The van der Waals surface area contributed by atoms with E-state index in [1.165, 1.54) is 13.3 Å². The number of hydrogen-bond acceptors (Lipinski definition) is 10. The molecule has 15 heteroatoms. The van der Waals surface area contributed by atoms with Crippen molar-refractivity contribution >= 4 is 62.6 Å². The number of halogens is 2. The van der Waals surface area contributed by atoms with Gasteiger partial charge in [-0.15, -0.1) is 0 Å². The maximum absolute atomic E-state index is 12.6. The predicted molar refractivity (Wildman–Crippen MR) is 182 cm³/mol. The largest absolute Gasteiger partial charge is 0.493 e. The molecule has 0 aliphatic carbocycles. The number of carbonyl (C=O) groups is 3. The summed E-state index contributed by atoms with van der Waals surface area (Å²) in [7, 11) is 1.44. The Balaban J connectivity index is 1.16. The second kappa shape index (κ2) is 15.4. The van der Waals surface area contributed by atoms with E-state index >= 15 is 0 Å². The van der Waals surface area contributed by atoms with Gasteiger partial charge in [-0.1, -0.05) is 12.1 Å². The highest BCUT2D eigenvalue weighted by molar-refractivity contribution is 14.1. The minimum atomic E-state index is -0.776. The fourth-order valence-electron chi connectivity index (χ4n) is 4.74. The number of esters is 1. The first-order chi connectivity index (χ1) is 22.7. The molecule has 13 nitrogen and oxygen atoms in total. The fraction of sp³-hybridized carbons (Fsp3) is 0.250. The van der Waals surface area contributed by atoms with Crippen LogP contribution in [0.4, 0.5) is 4.79 Å². The van der Waals surface area contributed by atoms with E-state index < -0.39 is 23.9 Å². The Hall–Kier alpha value is -4.51. The number of fused-ring (bicyclic) bond motifs is 1. The van der Waals surface area contributed by atoms with Gasteiger partial charge in [0, 0.05) is 5.70 Å². The van der Waals surface area contributed by atoms with Crippen LogP contribution in [0.2, 0.25) is 0 Å². The van der Waals surface area contributed by atoms with Crippen LogP contribution >= 0.6 is 38.5 Å². The lowest BCUT2D eigenvalue weighted by molar-refractivity contribution is -0.139. The number of nitrogens with one attached hydrogen (secondary N) is 3. The number of urea groups is 1. The Bertz CT molecular complexity index is 1740. The normalized spacial score (nSPS) is 15.2. The molecule has 0 unspecified atom stereocenters. The fourth-order valence-corrected chi connectivity index (χ4v) is 6.51. The predicted octanol–water partition coefficient (Wildman–Crippen LogP) is 5.09. The van der Waals surface area contributed by atoms with Gasteiger partial charge in [0.25, 0.3) is 5.91 Å². The molecule has 2 aliphatic heterocycles. The first kappa shape index (κ1) is 33.8. The van der Waals surface area contributed by atoms with Crippen LogP contribution in [0.25, 0.3) is 0 Å². The maximum atomic E-state index is 12.6. The number of methoxy groups -OCH3 is 1. The molecule has 2 heterocycles. The summed E-state index contributed by atoms with van der Waals surface area (Å²) in [6.45, 7) is 3.71. The second-order valence-electron chi connectivity index (χ2n) is 10.1. The maximum Gasteiger partial charge on any atom is 0.338 e. The average Bonchev–Trinajstić information content (AvgIpc) is 3.51. The average molecular weight is 821 g/mol. The van der Waals surface area contributed by atoms with E-state index in [4.69, 9.17) is 28.4 Å². The van der Waals surface area contributed by atoms with Crippen molar-refractivity contribution in [3.63, 3.8) is 0 Å². The van der Waals surface area contributed by atoms with E-state index in [1.54, 1.807) is 32.0 Å². The summed E-state index contributed by atoms with van der Waals surface area (Å²) >= 11 is 5.73. The van der Waals surface area contributed by atoms with Gasteiger partial charge in [-0.25, -0.2) is 15.0 Å². The summed E-state index contributed by atoms with van der Waals surface area (Å²) in [6, 6.07) is 13.0. The van der Waals surface area contributed by atoms with E-state index in [0.29, 0.717) is 40.9 Å². The minimum absolute atomic E-state index is 0.181. The van der Waals surface area contributed by atoms with E-state index in [-0.39, 0.29) is 31.3 Å². The lowest BCUT2D eigenvalue weighted by atomic mass is 9.95. The van der Waals surface area contributed by atoms with Gasteiger partial charge in [0.15, 0.2) is 29.6 Å². The molecule has 5 rings (SSSR count). The highest BCUT2D eigenvalue weighted by Crippen LogP contribution is 2.36. The topological polar surface area (TPSA) is 155 Å². The quantitative estimate of drug-likeness (QED) is 0.0982. The molecule has 3 aromatic rings. The zero-order valence-electron chi connectivity index (χ0n) is 25.5. The van der Waals surface area contributed by atoms with Gasteiger partial charge in [0.2, 0.25) is 6.79 Å². The van der Waals surface area contributed by atoms with Crippen molar-refractivity contribution < 1.29 is 42.8 Å². The molecule has 0 radical (unpaired) electrons. The van der Waals surface area contributed by atoms with Crippen molar-refractivity contribution in [1.29, 1.82) is 0 Å². The van der Waals surface area contributed by atoms with E-state index in [2.05, 4.69) is 59.7 Å². The number of benzene rings is 3. The molecule has 1 atom stereocenters. The SMILES string of the molecule is CCOC(=O)C1=C(C)NC(=O)N[C@H]1c1ccc(OCC(=O)N/N=C\c2cc(Br)c(OCc3ccc4c(c3)OCO4)c(I)c2)c(OC)c1. The molecule has 2 aliphatic rings. The van der Waals surface area contributed by atoms with Gasteiger partial charge < -0.3 is 39.1 Å². The summed E-state index contributed by atoms with van der Waals surface area (Å²) in [4.78, 5) is 37.3. The van der Waals surface area contributed by atoms with Crippen molar-refractivity contribution in [3.05, 3.63) is 84.5 Å². The molecule has 0 spiro atoms. The zero-order chi connectivity index (χ0) is 33.5. The molecule has 0 bridgehead atoms. The number of hydrogen-bond donors (Lipinski definition) is 3. The molecule has 0 aromatic heterocycles. The number of carbonyl (C=O) groups excluding carboxylic acids is 3. The van der Waals surface area contributed by atoms with Crippen molar-refractivity contribution in [2.24, 2.45) is 5.10 Å². The standard InChI is InChI=1S/C32H30BrIN4O9/c1-4-43-31(40)28-17(2)36-32(41)37-29(28)20-6-8-23(25(12-20)42-3)44-15-27(39)38-35-13-19-9-21(33)30(22(34)10-19)45-14-18-5-7-24-26(11-18)47-16-46-24/h5-13,29H,4,14-16H2,1-3H3,(H,38,39)(H2,36,37,41)/b35-13-/t29-/m0/s1. The van der Waals surface area contributed by atoms with Crippen molar-refractivity contribution in [2.45, 2.75) is 26.5 Å². The molecular formula is C32H30BrIN4O9. The summed E-state index contributed by atoms with van der Waals surface area (Å²) in [5.41, 5.74) is 5.33. The van der Waals surface area contributed by atoms with Crippen LogP contribution in [-0.2, 0) is 20.9 Å². The van der Waals surface area contributed by atoms with Crippen LogP contribution < -0.4 is 39.7 Å². The third kappa shape index (κ3) is 8.26.